The highest BCUT2D eigenvalue weighted by Gasteiger charge is 2.26. The lowest BCUT2D eigenvalue weighted by Gasteiger charge is -2.13. The molecular formula is C20H18N2O8S. The van der Waals surface area contributed by atoms with Gasteiger partial charge < -0.3 is 9.52 Å². The lowest BCUT2D eigenvalue weighted by Crippen LogP contribution is -2.34. The van der Waals surface area contributed by atoms with Crippen molar-refractivity contribution in [1.82, 2.24) is 4.73 Å². The van der Waals surface area contributed by atoms with Gasteiger partial charge in [0.05, 0.1) is 10.6 Å². The second-order valence-electron chi connectivity index (χ2n) is 6.72. The van der Waals surface area contributed by atoms with Gasteiger partial charge in [0.15, 0.2) is 0 Å². The number of nitro groups is 1. The van der Waals surface area contributed by atoms with Crippen LogP contribution in [0, 0.1) is 30.9 Å². The monoisotopic (exact) mass is 446 g/mol. The molecule has 0 radical (unpaired) electrons. The normalized spacial score (nSPS) is 11.7. The van der Waals surface area contributed by atoms with Gasteiger partial charge in [-0.2, -0.15) is 8.42 Å². The summed E-state index contributed by atoms with van der Waals surface area (Å²) in [7, 11) is -4.61. The Balaban J connectivity index is 2.15. The summed E-state index contributed by atoms with van der Waals surface area (Å²) in [5, 5.41) is 21.1. The molecule has 0 fully saturated rings. The second-order valence-corrected chi connectivity index (χ2v) is 8.24. The number of nitrogens with zero attached hydrogens (tertiary/aromatic N) is 2. The van der Waals surface area contributed by atoms with Gasteiger partial charge >= 0.3 is 21.4 Å². The Hall–Kier alpha value is -3.86. The topological polar surface area (TPSA) is 142 Å². The molecule has 162 valence electrons. The van der Waals surface area contributed by atoms with E-state index < -0.39 is 31.2 Å². The summed E-state index contributed by atoms with van der Waals surface area (Å²) >= 11 is 0. The van der Waals surface area contributed by atoms with Crippen LogP contribution in [0.4, 0.5) is 5.69 Å². The standard InChI is InChI=1S/C20H18N2O8S/c1-12-4-9-17(11-18(12)23)31(27,28)30-21-15(6-8-16-7-5-14(3)29-16)10-13(2)19(20(21)24)22(25)26/h4-11,23H,1-3H3. The van der Waals surface area contributed by atoms with Crippen LogP contribution in [0.2, 0.25) is 0 Å². The number of hydrogen-bond donors (Lipinski definition) is 1. The Bertz CT molecular complexity index is 1370. The maximum atomic E-state index is 12.7. The summed E-state index contributed by atoms with van der Waals surface area (Å²) in [6.45, 7) is 4.65. The second kappa shape index (κ2) is 8.11. The fraction of sp³-hybridized carbons (Fsp3) is 0.150. The maximum absolute atomic E-state index is 12.7. The van der Waals surface area contributed by atoms with E-state index in [4.69, 9.17) is 8.70 Å². The summed E-state index contributed by atoms with van der Waals surface area (Å²) in [6.07, 6.45) is 2.79. The van der Waals surface area contributed by atoms with Crippen molar-refractivity contribution in [3.05, 3.63) is 85.2 Å². The zero-order valence-electron chi connectivity index (χ0n) is 16.7. The average Bonchev–Trinajstić information content (AvgIpc) is 3.09. The van der Waals surface area contributed by atoms with Crippen molar-refractivity contribution in [2.45, 2.75) is 25.7 Å². The van der Waals surface area contributed by atoms with Crippen molar-refractivity contribution in [2.75, 3.05) is 0 Å². The number of pyridine rings is 1. The third kappa shape index (κ3) is 4.51. The molecule has 2 aromatic heterocycles. The molecule has 0 saturated heterocycles. The number of furan rings is 1. The van der Waals surface area contributed by atoms with Crippen LogP contribution in [0.3, 0.4) is 0 Å². The average molecular weight is 446 g/mol. The van der Waals surface area contributed by atoms with Gasteiger partial charge in [-0.15, -0.1) is 4.73 Å². The number of rotatable bonds is 6. The van der Waals surface area contributed by atoms with E-state index in [1.54, 1.807) is 26.0 Å². The predicted octanol–water partition coefficient (Wildman–Crippen LogP) is 2.97. The number of hydrogen-bond acceptors (Lipinski definition) is 8. The van der Waals surface area contributed by atoms with Crippen LogP contribution in [-0.2, 0) is 10.1 Å². The molecule has 1 aromatic carbocycles. The molecule has 31 heavy (non-hydrogen) atoms. The summed E-state index contributed by atoms with van der Waals surface area (Å²) in [6, 6.07) is 8.09. The van der Waals surface area contributed by atoms with Crippen LogP contribution in [0.25, 0.3) is 12.2 Å². The van der Waals surface area contributed by atoms with Crippen molar-refractivity contribution < 1.29 is 27.1 Å². The molecule has 0 aliphatic carbocycles. The molecule has 3 aromatic rings. The van der Waals surface area contributed by atoms with E-state index in [-0.39, 0.29) is 17.0 Å². The van der Waals surface area contributed by atoms with Crippen LogP contribution >= 0.6 is 0 Å². The fourth-order valence-corrected chi connectivity index (χ4v) is 3.67. The van der Waals surface area contributed by atoms with E-state index in [1.807, 2.05) is 0 Å². The minimum absolute atomic E-state index is 0.0236. The first-order chi connectivity index (χ1) is 14.5. The molecule has 10 nitrogen and oxygen atoms in total. The van der Waals surface area contributed by atoms with Gasteiger partial charge in [0.2, 0.25) is 0 Å². The van der Waals surface area contributed by atoms with Gasteiger partial charge in [-0.05, 0) is 62.8 Å². The van der Waals surface area contributed by atoms with Crippen molar-refractivity contribution in [1.29, 1.82) is 0 Å². The van der Waals surface area contributed by atoms with E-state index in [1.165, 1.54) is 37.3 Å². The molecular weight excluding hydrogens is 428 g/mol. The molecule has 0 unspecified atom stereocenters. The quantitative estimate of drug-likeness (QED) is 0.450. The first kappa shape index (κ1) is 21.8. The summed E-state index contributed by atoms with van der Waals surface area (Å²) in [5.41, 5.74) is -1.70. The molecule has 0 aliphatic heterocycles. The Morgan fingerprint density at radius 1 is 1.10 bits per heavy atom. The van der Waals surface area contributed by atoms with Crippen LogP contribution in [-0.4, -0.2) is 23.2 Å². The Morgan fingerprint density at radius 3 is 2.39 bits per heavy atom. The number of aryl methyl sites for hydroxylation is 3. The Kier molecular flexibility index (Phi) is 5.71. The lowest BCUT2D eigenvalue weighted by atomic mass is 10.2. The third-order valence-corrected chi connectivity index (χ3v) is 5.54. The summed E-state index contributed by atoms with van der Waals surface area (Å²) in [4.78, 5) is 22.7. The first-order valence-electron chi connectivity index (χ1n) is 8.90. The Morgan fingerprint density at radius 2 is 1.81 bits per heavy atom. The fourth-order valence-electron chi connectivity index (χ4n) is 2.74. The number of phenols is 1. The van der Waals surface area contributed by atoms with Crippen LogP contribution in [0.5, 0.6) is 5.75 Å². The number of phenolic OH excluding ortho intramolecular Hbond substituents is 1. The molecule has 11 heteroatoms. The molecule has 0 atom stereocenters. The highest BCUT2D eigenvalue weighted by Crippen LogP contribution is 2.22. The molecule has 0 aliphatic rings. The largest absolute Gasteiger partial charge is 0.508 e. The predicted molar refractivity (Wildman–Crippen MR) is 111 cm³/mol. The minimum Gasteiger partial charge on any atom is -0.508 e. The number of aromatic nitrogens is 1. The van der Waals surface area contributed by atoms with E-state index in [2.05, 4.69) is 0 Å². The van der Waals surface area contributed by atoms with Crippen molar-refractivity contribution in [3.8, 4) is 5.75 Å². The number of aromatic hydroxyl groups is 1. The van der Waals surface area contributed by atoms with Crippen molar-refractivity contribution in [2.24, 2.45) is 0 Å². The van der Waals surface area contributed by atoms with E-state index in [0.717, 1.165) is 6.07 Å². The maximum Gasteiger partial charge on any atom is 0.363 e. The lowest BCUT2D eigenvalue weighted by molar-refractivity contribution is -0.387. The molecule has 0 amide bonds. The van der Waals surface area contributed by atoms with Gasteiger partial charge in [-0.25, -0.2) is 0 Å². The molecule has 0 spiro atoms. The zero-order chi connectivity index (χ0) is 22.9. The van der Waals surface area contributed by atoms with E-state index in [0.29, 0.717) is 21.8 Å². The Labute approximate surface area is 176 Å². The summed E-state index contributed by atoms with van der Waals surface area (Å²) < 4.78 is 36.1. The van der Waals surface area contributed by atoms with Gasteiger partial charge in [-0.1, -0.05) is 6.07 Å². The van der Waals surface area contributed by atoms with Crippen LogP contribution in [0.1, 0.15) is 28.3 Å². The van der Waals surface area contributed by atoms with Crippen molar-refractivity contribution in [3.63, 3.8) is 0 Å². The molecule has 2 heterocycles. The van der Waals surface area contributed by atoms with E-state index >= 15 is 0 Å². The smallest absolute Gasteiger partial charge is 0.363 e. The van der Waals surface area contributed by atoms with Crippen molar-refractivity contribution >= 4 is 28.0 Å². The molecule has 0 saturated carbocycles. The highest BCUT2D eigenvalue weighted by molar-refractivity contribution is 7.87. The van der Waals surface area contributed by atoms with Gasteiger partial charge in [0.25, 0.3) is 0 Å². The molecule has 0 bridgehead atoms. The summed E-state index contributed by atoms with van der Waals surface area (Å²) in [5.74, 6) is 0.758. The molecule has 1 N–H and O–H groups in total. The van der Waals surface area contributed by atoms with Gasteiger partial charge in [0.1, 0.15) is 22.2 Å². The molecule has 3 rings (SSSR count). The van der Waals surface area contributed by atoms with E-state index in [9.17, 15) is 28.4 Å². The first-order valence-corrected chi connectivity index (χ1v) is 10.3. The van der Waals surface area contributed by atoms with Gasteiger partial charge in [0, 0.05) is 11.6 Å². The van der Waals surface area contributed by atoms with Gasteiger partial charge in [-0.3, -0.25) is 19.2 Å². The van der Waals surface area contributed by atoms with Crippen LogP contribution < -0.4 is 9.84 Å². The number of benzene rings is 1. The third-order valence-electron chi connectivity index (χ3n) is 4.36. The minimum atomic E-state index is -4.61. The van der Waals surface area contributed by atoms with Crippen LogP contribution in [0.15, 0.2) is 50.5 Å². The zero-order valence-corrected chi connectivity index (χ0v) is 17.5. The highest BCUT2D eigenvalue weighted by atomic mass is 32.2. The SMILES string of the molecule is Cc1ccc(C=Cc2cc(C)c([N+](=O)[O-])c(=O)n2OS(=O)(=O)c2ccc(C)c(O)c2)o1.